The van der Waals surface area contributed by atoms with Crippen LogP contribution in [0.15, 0.2) is 47.0 Å². The third-order valence-electron chi connectivity index (χ3n) is 3.89. The van der Waals surface area contributed by atoms with Crippen LogP contribution in [0, 0.1) is 5.82 Å². The van der Waals surface area contributed by atoms with Crippen molar-refractivity contribution in [3.05, 3.63) is 65.2 Å². The highest BCUT2D eigenvalue weighted by Gasteiger charge is 2.31. The number of nitrogens with two attached hydrogens (primary N) is 1. The van der Waals surface area contributed by atoms with E-state index in [0.717, 1.165) is 6.42 Å². The summed E-state index contributed by atoms with van der Waals surface area (Å²) in [5, 5.41) is 4.02. The van der Waals surface area contributed by atoms with Crippen molar-refractivity contribution in [3.8, 4) is 11.5 Å². The van der Waals surface area contributed by atoms with Gasteiger partial charge >= 0.3 is 0 Å². The topological polar surface area (TPSA) is 64.9 Å². The van der Waals surface area contributed by atoms with Gasteiger partial charge in [0.2, 0.25) is 0 Å². The van der Waals surface area contributed by atoms with Crippen molar-refractivity contribution in [2.45, 2.75) is 12.3 Å². The molecular weight excluding hydrogens is 269 g/mol. The molecule has 0 spiro atoms. The second-order valence-corrected chi connectivity index (χ2v) is 5.11. The molecule has 0 aliphatic heterocycles. The van der Waals surface area contributed by atoms with E-state index in [4.69, 9.17) is 10.3 Å². The van der Waals surface area contributed by atoms with Crippen LogP contribution >= 0.6 is 0 Å². The first kappa shape index (κ1) is 12.1. The van der Waals surface area contributed by atoms with Gasteiger partial charge in [-0.15, -0.1) is 0 Å². The normalized spacial score (nSPS) is 16.3. The van der Waals surface area contributed by atoms with Crippen LogP contribution in [-0.2, 0) is 6.42 Å². The standard InChI is InChI=1S/C16H12FN3O/c17-13-7-3-6-11(14(13)18)16-19-15(20-21-16)12-8-9-4-1-2-5-10(9)12/h1-7,12H,8,18H2. The summed E-state index contributed by atoms with van der Waals surface area (Å²) in [7, 11) is 0. The second-order valence-electron chi connectivity index (χ2n) is 5.11. The molecule has 0 bridgehead atoms. The Morgan fingerprint density at radius 2 is 2.00 bits per heavy atom. The Hall–Kier alpha value is -2.69. The molecule has 21 heavy (non-hydrogen) atoms. The summed E-state index contributed by atoms with van der Waals surface area (Å²) in [6.07, 6.45) is 0.897. The minimum Gasteiger partial charge on any atom is -0.396 e. The van der Waals surface area contributed by atoms with Gasteiger partial charge in [0.05, 0.1) is 17.2 Å². The zero-order valence-corrected chi connectivity index (χ0v) is 11.1. The maximum atomic E-state index is 13.5. The second kappa shape index (κ2) is 4.41. The number of nitrogen functional groups attached to an aromatic ring is 1. The molecule has 104 valence electrons. The van der Waals surface area contributed by atoms with Crippen molar-refractivity contribution < 1.29 is 8.91 Å². The van der Waals surface area contributed by atoms with Gasteiger partial charge in [-0.3, -0.25) is 0 Å². The van der Waals surface area contributed by atoms with E-state index in [0.29, 0.717) is 11.4 Å². The molecule has 0 amide bonds. The van der Waals surface area contributed by atoms with Gasteiger partial charge in [-0.25, -0.2) is 4.39 Å². The van der Waals surface area contributed by atoms with E-state index in [-0.39, 0.29) is 17.5 Å². The lowest BCUT2D eigenvalue weighted by Gasteiger charge is -2.27. The monoisotopic (exact) mass is 281 g/mol. The van der Waals surface area contributed by atoms with Crippen LogP contribution in [-0.4, -0.2) is 10.1 Å². The van der Waals surface area contributed by atoms with Crippen molar-refractivity contribution in [3.63, 3.8) is 0 Å². The lowest BCUT2D eigenvalue weighted by molar-refractivity contribution is 0.416. The quantitative estimate of drug-likeness (QED) is 0.733. The smallest absolute Gasteiger partial charge is 0.260 e. The summed E-state index contributed by atoms with van der Waals surface area (Å²) in [6, 6.07) is 12.7. The van der Waals surface area contributed by atoms with Gasteiger partial charge in [0.15, 0.2) is 5.82 Å². The van der Waals surface area contributed by atoms with E-state index in [1.165, 1.54) is 17.2 Å². The minimum atomic E-state index is -0.485. The Labute approximate surface area is 120 Å². The fourth-order valence-corrected chi connectivity index (χ4v) is 2.70. The van der Waals surface area contributed by atoms with Crippen molar-refractivity contribution in [1.29, 1.82) is 0 Å². The largest absolute Gasteiger partial charge is 0.396 e. The zero-order chi connectivity index (χ0) is 14.4. The minimum absolute atomic E-state index is 0.0294. The van der Waals surface area contributed by atoms with Crippen LogP contribution in [0.25, 0.3) is 11.5 Å². The fraction of sp³-hybridized carbons (Fsp3) is 0.125. The average molecular weight is 281 g/mol. The third-order valence-corrected chi connectivity index (χ3v) is 3.89. The number of hydrogen-bond acceptors (Lipinski definition) is 4. The van der Waals surface area contributed by atoms with Crippen molar-refractivity contribution in [2.75, 3.05) is 5.73 Å². The van der Waals surface area contributed by atoms with Gasteiger partial charge in [-0.05, 0) is 29.7 Å². The first-order valence-corrected chi connectivity index (χ1v) is 6.70. The number of benzene rings is 2. The number of hydrogen-bond donors (Lipinski definition) is 1. The summed E-state index contributed by atoms with van der Waals surface area (Å²) < 4.78 is 18.7. The van der Waals surface area contributed by atoms with Gasteiger partial charge in [-0.2, -0.15) is 4.98 Å². The molecule has 1 aromatic heterocycles. The van der Waals surface area contributed by atoms with Crippen LogP contribution in [0.3, 0.4) is 0 Å². The number of para-hydroxylation sites is 1. The Kier molecular flexibility index (Phi) is 2.54. The maximum Gasteiger partial charge on any atom is 0.260 e. The van der Waals surface area contributed by atoms with E-state index in [9.17, 15) is 4.39 Å². The molecule has 1 aliphatic rings. The van der Waals surface area contributed by atoms with Gasteiger partial charge in [0.1, 0.15) is 5.82 Å². The molecule has 4 nitrogen and oxygen atoms in total. The van der Waals surface area contributed by atoms with Gasteiger partial charge in [0, 0.05) is 0 Å². The summed E-state index contributed by atoms with van der Waals surface area (Å²) in [6.45, 7) is 0. The Balaban J connectivity index is 1.70. The first-order chi connectivity index (χ1) is 10.2. The van der Waals surface area contributed by atoms with Crippen molar-refractivity contribution >= 4 is 5.69 Å². The van der Waals surface area contributed by atoms with E-state index in [1.807, 2.05) is 12.1 Å². The van der Waals surface area contributed by atoms with Crippen LogP contribution in [0.2, 0.25) is 0 Å². The van der Waals surface area contributed by atoms with Crippen LogP contribution in [0.5, 0.6) is 0 Å². The third kappa shape index (κ3) is 1.81. The Morgan fingerprint density at radius 3 is 2.86 bits per heavy atom. The number of aromatic nitrogens is 2. The average Bonchev–Trinajstić information content (AvgIpc) is 2.92. The molecule has 5 heteroatoms. The highest BCUT2D eigenvalue weighted by atomic mass is 19.1. The molecule has 4 rings (SSSR count). The molecular formula is C16H12FN3O. The van der Waals surface area contributed by atoms with Crippen LogP contribution in [0.1, 0.15) is 22.9 Å². The highest BCUT2D eigenvalue weighted by Crippen LogP contribution is 2.39. The number of rotatable bonds is 2. The van der Waals surface area contributed by atoms with Crippen molar-refractivity contribution in [2.24, 2.45) is 0 Å². The SMILES string of the molecule is Nc1c(F)cccc1-c1nc(C2Cc3ccccc32)no1. The van der Waals surface area contributed by atoms with E-state index >= 15 is 0 Å². The molecule has 1 unspecified atom stereocenters. The predicted octanol–water partition coefficient (Wildman–Crippen LogP) is 3.15. The summed E-state index contributed by atoms with van der Waals surface area (Å²) in [5.41, 5.74) is 8.71. The molecule has 0 saturated carbocycles. The molecule has 2 aromatic carbocycles. The van der Waals surface area contributed by atoms with Crippen LogP contribution < -0.4 is 5.73 Å². The Morgan fingerprint density at radius 1 is 1.14 bits per heavy atom. The molecule has 0 fully saturated rings. The Bertz CT molecular complexity index is 828. The maximum absolute atomic E-state index is 13.5. The van der Waals surface area contributed by atoms with Gasteiger partial charge < -0.3 is 10.3 Å². The predicted molar refractivity (Wildman–Crippen MR) is 76.1 cm³/mol. The summed E-state index contributed by atoms with van der Waals surface area (Å²) >= 11 is 0. The van der Waals surface area contributed by atoms with E-state index in [1.54, 1.807) is 12.1 Å². The first-order valence-electron chi connectivity index (χ1n) is 6.70. The lowest BCUT2D eigenvalue weighted by Crippen LogP contribution is -2.19. The molecule has 3 aromatic rings. The molecule has 1 heterocycles. The number of nitrogens with zero attached hydrogens (tertiary/aromatic N) is 2. The number of fused-ring (bicyclic) bond motifs is 1. The van der Waals surface area contributed by atoms with Crippen LogP contribution in [0.4, 0.5) is 10.1 Å². The zero-order valence-electron chi connectivity index (χ0n) is 11.1. The van der Waals surface area contributed by atoms with E-state index < -0.39 is 5.82 Å². The lowest BCUT2D eigenvalue weighted by atomic mass is 9.77. The number of halogens is 1. The fourth-order valence-electron chi connectivity index (χ4n) is 2.70. The van der Waals surface area contributed by atoms with Gasteiger partial charge in [0.25, 0.3) is 5.89 Å². The van der Waals surface area contributed by atoms with Crippen molar-refractivity contribution in [1.82, 2.24) is 10.1 Å². The molecule has 1 aliphatic carbocycles. The van der Waals surface area contributed by atoms with E-state index in [2.05, 4.69) is 22.3 Å². The molecule has 0 saturated heterocycles. The number of anilines is 1. The molecule has 1 atom stereocenters. The van der Waals surface area contributed by atoms with Gasteiger partial charge in [-0.1, -0.05) is 35.5 Å². The molecule has 2 N–H and O–H groups in total. The summed E-state index contributed by atoms with van der Waals surface area (Å²) in [5.74, 6) is 0.536. The highest BCUT2D eigenvalue weighted by molar-refractivity contribution is 5.70. The summed E-state index contributed by atoms with van der Waals surface area (Å²) in [4.78, 5) is 4.38. The molecule has 0 radical (unpaired) electrons.